The summed E-state index contributed by atoms with van der Waals surface area (Å²) in [5, 5.41) is 25.2. The van der Waals surface area contributed by atoms with E-state index in [2.05, 4.69) is 15.3 Å². The smallest absolute Gasteiger partial charge is 0.152 e. The molecule has 18 heavy (non-hydrogen) atoms. The van der Waals surface area contributed by atoms with Crippen molar-refractivity contribution in [2.24, 2.45) is 5.11 Å². The fraction of sp³-hybridized carbons (Fsp3) is 0.300. The van der Waals surface area contributed by atoms with Crippen molar-refractivity contribution in [2.45, 2.75) is 16.4 Å². The summed E-state index contributed by atoms with van der Waals surface area (Å²) in [6.45, 7) is -0.0972. The number of benzene rings is 1. The van der Waals surface area contributed by atoms with Crippen molar-refractivity contribution in [3.8, 4) is 5.75 Å². The highest BCUT2D eigenvalue weighted by Gasteiger charge is 2.28. The summed E-state index contributed by atoms with van der Waals surface area (Å²) in [4.78, 5) is 13.9. The number of phenolic OH excluding ortho intramolecular Hbond substituents is 1. The number of thioether (sulfide) groups is 1. The third kappa shape index (κ3) is 2.21. The lowest BCUT2D eigenvalue weighted by atomic mass is 10.1. The van der Waals surface area contributed by atoms with Crippen molar-refractivity contribution in [2.75, 3.05) is 11.9 Å². The monoisotopic (exact) mass is 266 g/mol. The molecule has 1 heterocycles. The van der Waals surface area contributed by atoms with Gasteiger partial charge in [-0.05, 0) is 17.2 Å². The van der Waals surface area contributed by atoms with E-state index in [-0.39, 0.29) is 12.3 Å². The number of azide groups is 1. The second-order valence-corrected chi connectivity index (χ2v) is 4.78. The van der Waals surface area contributed by atoms with Crippen LogP contribution in [0.15, 0.2) is 22.1 Å². The van der Waals surface area contributed by atoms with Crippen molar-refractivity contribution < 1.29 is 15.0 Å². The van der Waals surface area contributed by atoms with Gasteiger partial charge in [0, 0.05) is 9.81 Å². The van der Waals surface area contributed by atoms with Gasteiger partial charge in [-0.2, -0.15) is 0 Å². The van der Waals surface area contributed by atoms with Gasteiger partial charge in [0.15, 0.2) is 6.29 Å². The Morgan fingerprint density at radius 1 is 1.67 bits per heavy atom. The average molecular weight is 266 g/mol. The Balaban J connectivity index is 2.37. The zero-order chi connectivity index (χ0) is 13.1. The maximum atomic E-state index is 10.7. The van der Waals surface area contributed by atoms with Gasteiger partial charge >= 0.3 is 0 Å². The largest absolute Gasteiger partial charge is 0.506 e. The van der Waals surface area contributed by atoms with Crippen LogP contribution in [0.1, 0.15) is 11.7 Å². The van der Waals surface area contributed by atoms with Crippen molar-refractivity contribution in [1.29, 1.82) is 0 Å². The summed E-state index contributed by atoms with van der Waals surface area (Å²) in [6.07, 6.45) is -0.247. The molecule has 7 nitrogen and oxygen atoms in total. The van der Waals surface area contributed by atoms with E-state index in [0.29, 0.717) is 22.4 Å². The van der Waals surface area contributed by atoms with Crippen molar-refractivity contribution in [3.63, 3.8) is 0 Å². The molecule has 0 aromatic heterocycles. The Morgan fingerprint density at radius 3 is 3.11 bits per heavy atom. The molecule has 0 saturated heterocycles. The zero-order valence-electron chi connectivity index (χ0n) is 9.15. The Kier molecular flexibility index (Phi) is 3.61. The van der Waals surface area contributed by atoms with Crippen LogP contribution in [0.3, 0.4) is 0 Å². The van der Waals surface area contributed by atoms with Crippen LogP contribution in [-0.4, -0.2) is 28.4 Å². The second kappa shape index (κ2) is 5.18. The van der Waals surface area contributed by atoms with Crippen molar-refractivity contribution >= 4 is 23.7 Å². The first kappa shape index (κ1) is 12.6. The number of rotatable bonds is 4. The molecule has 1 aliphatic heterocycles. The predicted octanol–water partition coefficient (Wildman–Crippen LogP) is 1.78. The van der Waals surface area contributed by atoms with Gasteiger partial charge in [-0.15, -0.1) is 0 Å². The number of aliphatic hydroxyl groups excluding tert-OH is 1. The quantitative estimate of drug-likeness (QED) is 0.252. The van der Waals surface area contributed by atoms with Gasteiger partial charge in [-0.25, -0.2) is 0 Å². The first-order valence-corrected chi connectivity index (χ1v) is 5.98. The zero-order valence-corrected chi connectivity index (χ0v) is 9.96. The van der Waals surface area contributed by atoms with Crippen molar-refractivity contribution in [1.82, 2.24) is 0 Å². The number of nitrogens with one attached hydrogen (secondary N) is 1. The third-order valence-electron chi connectivity index (χ3n) is 2.50. The lowest BCUT2D eigenvalue weighted by molar-refractivity contribution is -0.107. The molecule has 0 bridgehead atoms. The molecule has 1 unspecified atom stereocenters. The van der Waals surface area contributed by atoms with E-state index in [9.17, 15) is 15.0 Å². The number of anilines is 1. The molecular formula is C10H10N4O3S. The average Bonchev–Trinajstić information content (AvgIpc) is 2.81. The molecule has 0 radical (unpaired) electrons. The minimum Gasteiger partial charge on any atom is -0.506 e. The molecule has 0 amide bonds. The number of carbonyl (C=O) groups excluding carboxylic acids is 1. The number of nitrogens with zero attached hydrogens (tertiary/aromatic N) is 3. The summed E-state index contributed by atoms with van der Waals surface area (Å²) in [5.41, 5.74) is 9.17. The highest BCUT2D eigenvalue weighted by molar-refractivity contribution is 8.01. The van der Waals surface area contributed by atoms with Gasteiger partial charge < -0.3 is 20.3 Å². The van der Waals surface area contributed by atoms with Crippen LogP contribution >= 0.6 is 11.8 Å². The number of aromatic hydroxyl groups is 1. The SMILES string of the molecule is [N-]=[N+]=NC[C@H](O)c1ccc(O)c2c1SC(C=O)N2. The first-order valence-electron chi connectivity index (χ1n) is 5.10. The van der Waals surface area contributed by atoms with E-state index in [1.165, 1.54) is 17.8 Å². The van der Waals surface area contributed by atoms with Gasteiger partial charge in [0.25, 0.3) is 0 Å². The Labute approximate surface area is 106 Å². The maximum Gasteiger partial charge on any atom is 0.152 e. The van der Waals surface area contributed by atoms with E-state index in [1.807, 2.05) is 0 Å². The maximum absolute atomic E-state index is 10.7. The van der Waals surface area contributed by atoms with E-state index < -0.39 is 11.5 Å². The topological polar surface area (TPSA) is 118 Å². The van der Waals surface area contributed by atoms with Crippen molar-refractivity contribution in [3.05, 3.63) is 28.1 Å². The summed E-state index contributed by atoms with van der Waals surface area (Å²) in [6, 6.07) is 2.97. The van der Waals surface area contributed by atoms with Crippen LogP contribution in [0.2, 0.25) is 0 Å². The van der Waals surface area contributed by atoms with E-state index in [4.69, 9.17) is 5.53 Å². The third-order valence-corrected chi connectivity index (χ3v) is 3.66. The van der Waals surface area contributed by atoms with E-state index >= 15 is 0 Å². The van der Waals surface area contributed by atoms with Gasteiger partial charge in [0.05, 0.1) is 18.3 Å². The molecule has 94 valence electrons. The fourth-order valence-corrected chi connectivity index (χ4v) is 2.80. The molecular weight excluding hydrogens is 256 g/mol. The van der Waals surface area contributed by atoms with Crippen LogP contribution in [0.25, 0.3) is 10.4 Å². The molecule has 0 saturated carbocycles. The van der Waals surface area contributed by atoms with E-state index in [1.54, 1.807) is 6.07 Å². The molecule has 0 spiro atoms. The van der Waals surface area contributed by atoms with Crippen LogP contribution < -0.4 is 5.32 Å². The predicted molar refractivity (Wildman–Crippen MR) is 66.4 cm³/mol. The number of aldehydes is 1. The summed E-state index contributed by atoms with van der Waals surface area (Å²) in [7, 11) is 0. The number of hydrogen-bond donors (Lipinski definition) is 3. The minimum atomic E-state index is -0.963. The number of phenols is 1. The fourth-order valence-electron chi connectivity index (χ4n) is 1.69. The van der Waals surface area contributed by atoms with Crippen LogP contribution in [0.4, 0.5) is 5.69 Å². The minimum absolute atomic E-state index is 0.0154. The molecule has 2 atom stereocenters. The standard InChI is InChI=1S/C10H10N4O3S/c11-14-12-3-7(17)5-1-2-6(16)9-10(5)18-8(4-15)13-9/h1-2,4,7-8,13,16-17H,3H2/t7-,8?/m0/s1. The van der Waals surface area contributed by atoms with E-state index in [0.717, 1.165) is 0 Å². The molecule has 1 aromatic carbocycles. The summed E-state index contributed by atoms with van der Waals surface area (Å²) < 4.78 is 0. The number of aliphatic hydroxyl groups is 1. The number of carbonyl (C=O) groups is 1. The van der Waals surface area contributed by atoms with Gasteiger partial charge in [0.2, 0.25) is 0 Å². The van der Waals surface area contributed by atoms with Gasteiger partial charge in [-0.1, -0.05) is 22.9 Å². The molecule has 2 rings (SSSR count). The Bertz CT molecular complexity index is 530. The number of hydrogen-bond acceptors (Lipinski definition) is 6. The van der Waals surface area contributed by atoms with Gasteiger partial charge in [0.1, 0.15) is 11.1 Å². The van der Waals surface area contributed by atoms with Crippen LogP contribution in [0.5, 0.6) is 5.75 Å². The lowest BCUT2D eigenvalue weighted by Crippen LogP contribution is -2.10. The lowest BCUT2D eigenvalue weighted by Gasteiger charge is -2.12. The molecule has 3 N–H and O–H groups in total. The van der Waals surface area contributed by atoms with Gasteiger partial charge in [-0.3, -0.25) is 0 Å². The number of fused-ring (bicyclic) bond motifs is 1. The first-order chi connectivity index (χ1) is 8.67. The molecule has 0 fully saturated rings. The molecule has 1 aliphatic rings. The Hall–Kier alpha value is -1.89. The molecule has 8 heteroatoms. The summed E-state index contributed by atoms with van der Waals surface area (Å²) in [5.74, 6) is 0.0154. The van der Waals surface area contributed by atoms with Crippen LogP contribution in [-0.2, 0) is 4.79 Å². The summed E-state index contributed by atoms with van der Waals surface area (Å²) >= 11 is 1.20. The molecule has 0 aliphatic carbocycles. The second-order valence-electron chi connectivity index (χ2n) is 3.63. The molecule has 1 aromatic rings. The normalized spacial score (nSPS) is 18.4. The Morgan fingerprint density at radius 2 is 2.44 bits per heavy atom. The highest BCUT2D eigenvalue weighted by Crippen LogP contribution is 2.46. The highest BCUT2D eigenvalue weighted by atomic mass is 32.2. The van der Waals surface area contributed by atoms with Crippen LogP contribution in [0, 0.1) is 0 Å².